The third kappa shape index (κ3) is 4.63. The van der Waals surface area contributed by atoms with Crippen LogP contribution in [-0.2, 0) is 0 Å². The highest BCUT2D eigenvalue weighted by Crippen LogP contribution is 2.43. The molecule has 2 aromatic heterocycles. The average Bonchev–Trinajstić information content (AvgIpc) is 3.11. The Kier molecular flexibility index (Phi) is 6.51. The Morgan fingerprint density at radius 2 is 0.614 bits per heavy atom. The fourth-order valence-electron chi connectivity index (χ4n) is 6.18. The summed E-state index contributed by atoms with van der Waals surface area (Å²) in [6.45, 7) is 0. The van der Waals surface area contributed by atoms with Crippen molar-refractivity contribution in [2.24, 2.45) is 0 Å². The molecule has 0 saturated carbocycles. The molecule has 2 heterocycles. The van der Waals surface area contributed by atoms with Gasteiger partial charge in [-0.3, -0.25) is 0 Å². The minimum absolute atomic E-state index is 0.871. The Hall–Kier alpha value is -5.86. The molecule has 0 N–H and O–H groups in total. The molecule has 8 aromatic rings. The molecular weight excluding hydrogens is 532 g/mol. The van der Waals surface area contributed by atoms with Crippen LogP contribution in [0.2, 0.25) is 0 Å². The van der Waals surface area contributed by atoms with Crippen molar-refractivity contribution in [3.63, 3.8) is 0 Å². The second-order valence-electron chi connectivity index (χ2n) is 11.0. The Balaban J connectivity index is 1.47. The second kappa shape index (κ2) is 11.1. The molecule has 6 aromatic carbocycles. The molecule has 2 heteroatoms. The molecule has 0 atom stereocenters. The van der Waals surface area contributed by atoms with Crippen LogP contribution in [0.3, 0.4) is 0 Å². The maximum atomic E-state index is 5.39. The van der Waals surface area contributed by atoms with Gasteiger partial charge in [0.15, 0.2) is 0 Å². The molecule has 0 fully saturated rings. The average molecular weight is 561 g/mol. The summed E-state index contributed by atoms with van der Waals surface area (Å²) in [6, 6.07) is 59.7. The number of para-hydroxylation sites is 2. The van der Waals surface area contributed by atoms with Gasteiger partial charge in [0, 0.05) is 21.9 Å². The van der Waals surface area contributed by atoms with Crippen molar-refractivity contribution in [2.75, 3.05) is 0 Å². The third-order valence-corrected chi connectivity index (χ3v) is 8.28. The van der Waals surface area contributed by atoms with E-state index >= 15 is 0 Å². The van der Waals surface area contributed by atoms with Gasteiger partial charge in [0.2, 0.25) is 0 Å². The van der Waals surface area contributed by atoms with Gasteiger partial charge in [0.05, 0.1) is 22.4 Å². The van der Waals surface area contributed by atoms with Crippen molar-refractivity contribution in [3.8, 4) is 55.9 Å². The van der Waals surface area contributed by atoms with Gasteiger partial charge in [-0.05, 0) is 57.6 Å². The first kappa shape index (κ1) is 25.8. The van der Waals surface area contributed by atoms with Crippen molar-refractivity contribution in [3.05, 3.63) is 170 Å². The van der Waals surface area contributed by atoms with Gasteiger partial charge in [-0.15, -0.1) is 0 Å². The lowest BCUT2D eigenvalue weighted by molar-refractivity contribution is 1.32. The molecule has 0 unspecified atom stereocenters. The normalized spacial score (nSPS) is 11.2. The predicted octanol–water partition coefficient (Wildman–Crippen LogP) is 11.1. The van der Waals surface area contributed by atoms with E-state index in [0.717, 1.165) is 55.4 Å². The molecule has 8 rings (SSSR count). The van der Waals surface area contributed by atoms with Gasteiger partial charge in [-0.1, -0.05) is 146 Å². The highest BCUT2D eigenvalue weighted by Gasteiger charge is 2.21. The second-order valence-corrected chi connectivity index (χ2v) is 11.0. The number of hydrogen-bond acceptors (Lipinski definition) is 2. The minimum atomic E-state index is 0.871. The van der Waals surface area contributed by atoms with Crippen LogP contribution in [0.1, 0.15) is 0 Å². The lowest BCUT2D eigenvalue weighted by Gasteiger charge is -2.19. The van der Waals surface area contributed by atoms with E-state index in [-0.39, 0.29) is 0 Å². The van der Waals surface area contributed by atoms with Crippen molar-refractivity contribution in [1.82, 2.24) is 9.97 Å². The largest absolute Gasteiger partial charge is 0.245 e. The van der Waals surface area contributed by atoms with E-state index in [9.17, 15) is 0 Å². The van der Waals surface area contributed by atoms with Gasteiger partial charge in [-0.2, -0.15) is 0 Å². The van der Waals surface area contributed by atoms with E-state index in [1.165, 1.54) is 22.3 Å². The summed E-state index contributed by atoms with van der Waals surface area (Å²) >= 11 is 0. The molecule has 0 spiro atoms. The monoisotopic (exact) mass is 560 g/mol. The Labute approximate surface area is 257 Å². The number of rotatable bonds is 5. The lowest BCUT2D eigenvalue weighted by atomic mass is 9.88. The van der Waals surface area contributed by atoms with Gasteiger partial charge < -0.3 is 0 Å². The van der Waals surface area contributed by atoms with Crippen LogP contribution in [0.15, 0.2) is 170 Å². The Morgan fingerprint density at radius 3 is 1.05 bits per heavy atom. The maximum absolute atomic E-state index is 5.39. The summed E-state index contributed by atoms with van der Waals surface area (Å²) in [5, 5.41) is 2.20. The van der Waals surface area contributed by atoms with Crippen LogP contribution >= 0.6 is 0 Å². The Bertz CT molecular complexity index is 2110. The molecule has 0 saturated heterocycles. The van der Waals surface area contributed by atoms with Crippen LogP contribution in [0.5, 0.6) is 0 Å². The SMILES string of the molecule is c1ccc(-c2ccccc2-c2cc3ccccc3nc2-c2nc3ccccc3cc2-c2ccccc2-c2ccccc2)cc1. The summed E-state index contributed by atoms with van der Waals surface area (Å²) in [5.41, 5.74) is 12.7. The fourth-order valence-corrected chi connectivity index (χ4v) is 6.18. The van der Waals surface area contributed by atoms with E-state index in [1.807, 2.05) is 0 Å². The van der Waals surface area contributed by atoms with Gasteiger partial charge >= 0.3 is 0 Å². The maximum Gasteiger partial charge on any atom is 0.0979 e. The number of fused-ring (bicyclic) bond motifs is 2. The molecule has 0 aliphatic rings. The standard InChI is InChI=1S/C42H28N2/c1-3-15-29(16-4-1)33-21-9-11-23-35(33)37-27-31-19-7-13-25-39(31)43-41(37)42-38(28-32-20-8-14-26-40(32)44-42)36-24-12-10-22-34(36)30-17-5-2-6-18-30/h1-28H. The summed E-state index contributed by atoms with van der Waals surface area (Å²) in [5.74, 6) is 0. The van der Waals surface area contributed by atoms with E-state index in [0.29, 0.717) is 0 Å². The molecule has 0 bridgehead atoms. The van der Waals surface area contributed by atoms with E-state index in [1.54, 1.807) is 0 Å². The molecule has 2 nitrogen and oxygen atoms in total. The van der Waals surface area contributed by atoms with Crippen LogP contribution in [-0.4, -0.2) is 9.97 Å². The van der Waals surface area contributed by atoms with Crippen molar-refractivity contribution in [1.29, 1.82) is 0 Å². The summed E-state index contributed by atoms with van der Waals surface area (Å²) in [7, 11) is 0. The summed E-state index contributed by atoms with van der Waals surface area (Å²) < 4.78 is 0. The molecule has 206 valence electrons. The highest BCUT2D eigenvalue weighted by atomic mass is 14.8. The minimum Gasteiger partial charge on any atom is -0.245 e. The molecule has 0 radical (unpaired) electrons. The van der Waals surface area contributed by atoms with Crippen LogP contribution in [0.25, 0.3) is 77.7 Å². The molecule has 0 aliphatic carbocycles. The van der Waals surface area contributed by atoms with E-state index < -0.39 is 0 Å². The zero-order chi connectivity index (χ0) is 29.3. The number of pyridine rings is 2. The van der Waals surface area contributed by atoms with Crippen molar-refractivity contribution in [2.45, 2.75) is 0 Å². The number of aromatic nitrogens is 2. The predicted molar refractivity (Wildman–Crippen MR) is 184 cm³/mol. The van der Waals surface area contributed by atoms with Crippen molar-refractivity contribution < 1.29 is 0 Å². The first-order valence-electron chi connectivity index (χ1n) is 14.9. The molecular formula is C42H28N2. The smallest absolute Gasteiger partial charge is 0.0979 e. The summed E-state index contributed by atoms with van der Waals surface area (Å²) in [4.78, 5) is 10.8. The third-order valence-electron chi connectivity index (χ3n) is 8.28. The topological polar surface area (TPSA) is 25.8 Å². The van der Waals surface area contributed by atoms with Gasteiger partial charge in [0.1, 0.15) is 0 Å². The van der Waals surface area contributed by atoms with Crippen LogP contribution in [0, 0.1) is 0 Å². The zero-order valence-corrected chi connectivity index (χ0v) is 24.1. The quantitative estimate of drug-likeness (QED) is 0.209. The number of hydrogen-bond donors (Lipinski definition) is 0. The van der Waals surface area contributed by atoms with E-state index in [2.05, 4.69) is 170 Å². The fraction of sp³-hybridized carbons (Fsp3) is 0. The number of nitrogens with zero attached hydrogens (tertiary/aromatic N) is 2. The molecule has 0 amide bonds. The first-order chi connectivity index (χ1) is 21.8. The van der Waals surface area contributed by atoms with E-state index in [4.69, 9.17) is 9.97 Å². The molecule has 0 aliphatic heterocycles. The lowest BCUT2D eigenvalue weighted by Crippen LogP contribution is -1.99. The molecule has 44 heavy (non-hydrogen) atoms. The Morgan fingerprint density at radius 1 is 0.273 bits per heavy atom. The van der Waals surface area contributed by atoms with Crippen molar-refractivity contribution >= 4 is 21.8 Å². The van der Waals surface area contributed by atoms with Gasteiger partial charge in [-0.25, -0.2) is 9.97 Å². The van der Waals surface area contributed by atoms with Crippen LogP contribution < -0.4 is 0 Å². The number of benzene rings is 6. The highest BCUT2D eigenvalue weighted by molar-refractivity contribution is 6.01. The first-order valence-corrected chi connectivity index (χ1v) is 14.9. The van der Waals surface area contributed by atoms with Crippen LogP contribution in [0.4, 0.5) is 0 Å². The van der Waals surface area contributed by atoms with Gasteiger partial charge in [0.25, 0.3) is 0 Å². The summed E-state index contributed by atoms with van der Waals surface area (Å²) in [6.07, 6.45) is 0. The zero-order valence-electron chi connectivity index (χ0n) is 24.1.